The van der Waals surface area contributed by atoms with E-state index in [0.29, 0.717) is 13.0 Å². The molecule has 1 heterocycles. The molecule has 2 aromatic rings. The minimum Gasteiger partial charge on any atom is -0.497 e. The molecule has 1 N–H and O–H groups in total. The number of piperidine rings is 1. The van der Waals surface area contributed by atoms with Crippen LogP contribution in [0.25, 0.3) is 11.1 Å². The van der Waals surface area contributed by atoms with Gasteiger partial charge in [0, 0.05) is 26.1 Å². The van der Waals surface area contributed by atoms with Crippen LogP contribution in [0.15, 0.2) is 48.5 Å². The number of rotatable bonds is 6. The van der Waals surface area contributed by atoms with Crippen molar-refractivity contribution >= 4 is 11.8 Å². The first-order valence-electron chi connectivity index (χ1n) is 10.6. The van der Waals surface area contributed by atoms with Crippen molar-refractivity contribution in [2.45, 2.75) is 33.1 Å². The Hall–Kier alpha value is -2.82. The summed E-state index contributed by atoms with van der Waals surface area (Å²) in [6.07, 6.45) is 2.25. The lowest BCUT2D eigenvalue weighted by molar-refractivity contribution is -0.143. The molecular weight excluding hydrogens is 376 g/mol. The molecule has 5 nitrogen and oxygen atoms in total. The van der Waals surface area contributed by atoms with Gasteiger partial charge in [-0.25, -0.2) is 0 Å². The van der Waals surface area contributed by atoms with Crippen LogP contribution in [0.1, 0.15) is 32.3 Å². The summed E-state index contributed by atoms with van der Waals surface area (Å²) in [6.45, 7) is 5.03. The molecule has 1 fully saturated rings. The molecule has 1 saturated heterocycles. The molecule has 2 amide bonds. The van der Waals surface area contributed by atoms with E-state index in [0.717, 1.165) is 41.8 Å². The van der Waals surface area contributed by atoms with E-state index < -0.39 is 5.41 Å². The summed E-state index contributed by atoms with van der Waals surface area (Å²) < 4.78 is 5.23. The van der Waals surface area contributed by atoms with Crippen molar-refractivity contribution in [3.05, 3.63) is 54.1 Å². The average Bonchev–Trinajstić information content (AvgIpc) is 2.78. The van der Waals surface area contributed by atoms with Crippen LogP contribution in [0.3, 0.4) is 0 Å². The van der Waals surface area contributed by atoms with Crippen molar-refractivity contribution < 1.29 is 14.3 Å². The second-order valence-corrected chi connectivity index (χ2v) is 8.48. The smallest absolute Gasteiger partial charge is 0.228 e. The second kappa shape index (κ2) is 9.33. The molecule has 1 aliphatic rings. The van der Waals surface area contributed by atoms with E-state index in [1.165, 1.54) is 0 Å². The van der Waals surface area contributed by atoms with E-state index in [1.807, 2.05) is 43.0 Å². The number of hydrogen-bond acceptors (Lipinski definition) is 3. The Kier molecular flexibility index (Phi) is 6.80. The summed E-state index contributed by atoms with van der Waals surface area (Å²) in [5.74, 6) is 0.913. The molecule has 160 valence electrons. The summed E-state index contributed by atoms with van der Waals surface area (Å²) in [4.78, 5) is 27.4. The molecule has 5 heteroatoms. The van der Waals surface area contributed by atoms with Gasteiger partial charge in [0.05, 0.1) is 12.5 Å². The predicted molar refractivity (Wildman–Crippen MR) is 119 cm³/mol. The van der Waals surface area contributed by atoms with Crippen LogP contribution >= 0.6 is 0 Å². The van der Waals surface area contributed by atoms with Crippen LogP contribution in [-0.4, -0.2) is 44.0 Å². The Balaban J connectivity index is 1.81. The molecule has 3 rings (SSSR count). The lowest BCUT2D eigenvalue weighted by atomic mass is 9.74. The number of carbonyl (C=O) groups is 2. The zero-order chi connectivity index (χ0) is 21.7. The van der Waals surface area contributed by atoms with Crippen LogP contribution in [-0.2, 0) is 16.0 Å². The Morgan fingerprint density at radius 2 is 1.67 bits per heavy atom. The van der Waals surface area contributed by atoms with Gasteiger partial charge in [-0.15, -0.1) is 0 Å². The highest BCUT2D eigenvalue weighted by atomic mass is 16.5. The lowest BCUT2D eigenvalue weighted by Gasteiger charge is -2.42. The highest BCUT2D eigenvalue weighted by molar-refractivity contribution is 5.85. The first kappa shape index (κ1) is 21.9. The summed E-state index contributed by atoms with van der Waals surface area (Å²) in [7, 11) is 3.34. The van der Waals surface area contributed by atoms with Gasteiger partial charge in [-0.2, -0.15) is 0 Å². The fraction of sp³-hybridized carbons (Fsp3) is 0.440. The number of nitrogens with one attached hydrogen (secondary N) is 1. The molecule has 0 aromatic heterocycles. The van der Waals surface area contributed by atoms with Crippen molar-refractivity contribution in [1.29, 1.82) is 0 Å². The zero-order valence-corrected chi connectivity index (χ0v) is 18.4. The number of amides is 2. The zero-order valence-electron chi connectivity index (χ0n) is 18.4. The van der Waals surface area contributed by atoms with Crippen LogP contribution in [0, 0.1) is 11.3 Å². The molecule has 0 bridgehead atoms. The second-order valence-electron chi connectivity index (χ2n) is 8.48. The third-order valence-corrected chi connectivity index (χ3v) is 6.01. The number of benzene rings is 2. The summed E-state index contributed by atoms with van der Waals surface area (Å²) in [6, 6.07) is 16.3. The quantitative estimate of drug-likeness (QED) is 0.788. The van der Waals surface area contributed by atoms with Gasteiger partial charge in [0.25, 0.3) is 0 Å². The summed E-state index contributed by atoms with van der Waals surface area (Å²) in [5.41, 5.74) is 2.76. The van der Waals surface area contributed by atoms with Gasteiger partial charge >= 0.3 is 0 Å². The van der Waals surface area contributed by atoms with Gasteiger partial charge in [-0.3, -0.25) is 9.59 Å². The van der Waals surface area contributed by atoms with Crippen molar-refractivity contribution in [2.75, 3.05) is 27.2 Å². The van der Waals surface area contributed by atoms with E-state index in [9.17, 15) is 9.59 Å². The van der Waals surface area contributed by atoms with Gasteiger partial charge in [-0.05, 0) is 48.1 Å². The molecule has 1 atom stereocenters. The van der Waals surface area contributed by atoms with Gasteiger partial charge < -0.3 is 15.0 Å². The summed E-state index contributed by atoms with van der Waals surface area (Å²) >= 11 is 0. The van der Waals surface area contributed by atoms with Gasteiger partial charge in [0.15, 0.2) is 0 Å². The molecule has 0 aliphatic carbocycles. The van der Waals surface area contributed by atoms with E-state index >= 15 is 0 Å². The van der Waals surface area contributed by atoms with E-state index in [-0.39, 0.29) is 17.7 Å². The SMILES string of the molecule is CNC(=O)[C@]1(Cc2ccc(-c3ccc(OC)cc3)cc2)CCCN(C(=O)C(C)C)C1. The minimum atomic E-state index is -0.584. The summed E-state index contributed by atoms with van der Waals surface area (Å²) in [5, 5.41) is 2.84. The molecule has 0 radical (unpaired) electrons. The highest BCUT2D eigenvalue weighted by Gasteiger charge is 2.43. The topological polar surface area (TPSA) is 58.6 Å². The number of methoxy groups -OCH3 is 1. The van der Waals surface area contributed by atoms with Crippen molar-refractivity contribution in [1.82, 2.24) is 10.2 Å². The number of carbonyl (C=O) groups excluding carboxylic acids is 2. The predicted octanol–water partition coefficient (Wildman–Crippen LogP) is 3.92. The molecule has 0 unspecified atom stereocenters. The van der Waals surface area contributed by atoms with Crippen LogP contribution in [0.4, 0.5) is 0 Å². The Morgan fingerprint density at radius 3 is 2.20 bits per heavy atom. The maximum absolute atomic E-state index is 12.9. The first-order valence-corrected chi connectivity index (χ1v) is 10.6. The third kappa shape index (κ3) is 4.66. The molecule has 0 saturated carbocycles. The highest BCUT2D eigenvalue weighted by Crippen LogP contribution is 2.35. The van der Waals surface area contributed by atoms with Crippen LogP contribution in [0.2, 0.25) is 0 Å². The van der Waals surface area contributed by atoms with Crippen molar-refractivity contribution in [2.24, 2.45) is 11.3 Å². The van der Waals surface area contributed by atoms with Gasteiger partial charge in [-0.1, -0.05) is 50.2 Å². The fourth-order valence-electron chi connectivity index (χ4n) is 4.35. The Labute approximate surface area is 179 Å². The van der Waals surface area contributed by atoms with Crippen molar-refractivity contribution in [3.8, 4) is 16.9 Å². The van der Waals surface area contributed by atoms with E-state index in [2.05, 4.69) is 29.6 Å². The van der Waals surface area contributed by atoms with E-state index in [4.69, 9.17) is 4.74 Å². The molecule has 0 spiro atoms. The standard InChI is InChI=1S/C25H32N2O3/c1-18(2)23(28)27-15-5-14-25(17-27,24(29)26-3)16-19-6-8-20(9-7-19)21-10-12-22(30-4)13-11-21/h6-13,18H,5,14-17H2,1-4H3,(H,26,29)/t25-/m0/s1. The monoisotopic (exact) mass is 408 g/mol. The maximum Gasteiger partial charge on any atom is 0.228 e. The number of nitrogens with zero attached hydrogens (tertiary/aromatic N) is 1. The van der Waals surface area contributed by atoms with Crippen molar-refractivity contribution in [3.63, 3.8) is 0 Å². The number of likely N-dealkylation sites (tertiary alicyclic amines) is 1. The normalized spacial score (nSPS) is 18.9. The van der Waals surface area contributed by atoms with E-state index in [1.54, 1.807) is 14.2 Å². The largest absolute Gasteiger partial charge is 0.497 e. The first-order chi connectivity index (χ1) is 14.4. The Bertz CT molecular complexity index is 874. The number of ether oxygens (including phenoxy) is 1. The average molecular weight is 409 g/mol. The van der Waals surface area contributed by atoms with Gasteiger partial charge in [0.2, 0.25) is 11.8 Å². The third-order valence-electron chi connectivity index (χ3n) is 6.01. The molecule has 1 aliphatic heterocycles. The van der Waals surface area contributed by atoms with Gasteiger partial charge in [0.1, 0.15) is 5.75 Å². The molecular formula is C25H32N2O3. The lowest BCUT2D eigenvalue weighted by Crippen LogP contribution is -2.54. The maximum atomic E-state index is 12.9. The molecule has 30 heavy (non-hydrogen) atoms. The molecule has 2 aromatic carbocycles. The fourth-order valence-corrected chi connectivity index (χ4v) is 4.35. The minimum absolute atomic E-state index is 0.0167. The van der Waals surface area contributed by atoms with Crippen LogP contribution in [0.5, 0.6) is 5.75 Å². The Morgan fingerprint density at radius 1 is 1.07 bits per heavy atom. The van der Waals surface area contributed by atoms with Crippen LogP contribution < -0.4 is 10.1 Å². The number of hydrogen-bond donors (Lipinski definition) is 1.